The summed E-state index contributed by atoms with van der Waals surface area (Å²) >= 11 is 1.37. The molecule has 0 atom stereocenters. The number of rotatable bonds is 6. The minimum absolute atomic E-state index is 0.0747. The van der Waals surface area contributed by atoms with Crippen molar-refractivity contribution in [1.29, 1.82) is 0 Å². The molecule has 4 aromatic rings. The number of nitrogens with one attached hydrogen (secondary N) is 1. The van der Waals surface area contributed by atoms with E-state index in [1.807, 2.05) is 55.7 Å². The summed E-state index contributed by atoms with van der Waals surface area (Å²) in [6.45, 7) is 8.13. The molecule has 0 radical (unpaired) electrons. The lowest BCUT2D eigenvalue weighted by molar-refractivity contribution is -0.113. The highest BCUT2D eigenvalue weighted by Crippen LogP contribution is 2.29. The Balaban J connectivity index is 1.60. The molecule has 7 heteroatoms. The molecule has 0 saturated carbocycles. The molecule has 0 fully saturated rings. The summed E-state index contributed by atoms with van der Waals surface area (Å²) < 4.78 is 1.99. The first kappa shape index (κ1) is 21.8. The fraction of sp³-hybridized carbons (Fsp3) is 0.200. The van der Waals surface area contributed by atoms with Gasteiger partial charge in [0, 0.05) is 29.3 Å². The van der Waals surface area contributed by atoms with E-state index in [0.717, 1.165) is 33.6 Å². The number of hydrogen-bond acceptors (Lipinski definition) is 5. The molecular weight excluding hydrogens is 418 g/mol. The maximum atomic E-state index is 12.8. The van der Waals surface area contributed by atoms with Crippen molar-refractivity contribution in [3.63, 3.8) is 0 Å². The lowest BCUT2D eigenvalue weighted by Crippen LogP contribution is -2.16. The Morgan fingerprint density at radius 2 is 1.66 bits per heavy atom. The number of hydrogen-bond donors (Lipinski definition) is 1. The molecular formula is C25H25N5OS. The third kappa shape index (κ3) is 4.73. The number of nitrogens with zero attached hydrogens (tertiary/aromatic N) is 4. The standard InChI is InChI=1S/C25H25N5OS/c1-16-6-5-7-21(14-16)30-24(20-8-10-26-11-9-20)28-29-25(30)32-15-22(31)27-23-18(3)12-17(2)13-19(23)4/h5-14H,15H2,1-4H3,(H,27,31). The van der Waals surface area contributed by atoms with Crippen LogP contribution in [0.3, 0.4) is 0 Å². The summed E-state index contributed by atoms with van der Waals surface area (Å²) in [6.07, 6.45) is 3.47. The molecule has 0 unspecified atom stereocenters. The van der Waals surface area contributed by atoms with E-state index in [9.17, 15) is 4.79 Å². The van der Waals surface area contributed by atoms with Gasteiger partial charge < -0.3 is 5.32 Å². The monoisotopic (exact) mass is 443 g/mol. The van der Waals surface area contributed by atoms with Gasteiger partial charge in [0.05, 0.1) is 5.75 Å². The van der Waals surface area contributed by atoms with Crippen LogP contribution in [0, 0.1) is 27.7 Å². The third-order valence-corrected chi connectivity index (χ3v) is 6.03. The van der Waals surface area contributed by atoms with Crippen LogP contribution < -0.4 is 5.32 Å². The largest absolute Gasteiger partial charge is 0.325 e. The number of carbonyl (C=O) groups is 1. The Kier molecular flexibility index (Phi) is 6.37. The lowest BCUT2D eigenvalue weighted by atomic mass is 10.1. The van der Waals surface area contributed by atoms with E-state index in [1.165, 1.54) is 17.3 Å². The SMILES string of the molecule is Cc1cccc(-n2c(SCC(=O)Nc3c(C)cc(C)cc3C)nnc2-c2ccncc2)c1. The lowest BCUT2D eigenvalue weighted by Gasteiger charge is -2.13. The van der Waals surface area contributed by atoms with E-state index in [0.29, 0.717) is 11.0 Å². The van der Waals surface area contributed by atoms with Gasteiger partial charge in [-0.25, -0.2) is 0 Å². The van der Waals surface area contributed by atoms with Gasteiger partial charge in [-0.15, -0.1) is 10.2 Å². The molecule has 2 heterocycles. The first-order valence-corrected chi connectivity index (χ1v) is 11.3. The smallest absolute Gasteiger partial charge is 0.234 e. The first-order chi connectivity index (χ1) is 15.4. The molecule has 0 aliphatic carbocycles. The van der Waals surface area contributed by atoms with Crippen LogP contribution in [0.5, 0.6) is 0 Å². The number of benzene rings is 2. The van der Waals surface area contributed by atoms with Crippen molar-refractivity contribution in [1.82, 2.24) is 19.7 Å². The quantitative estimate of drug-likeness (QED) is 0.410. The van der Waals surface area contributed by atoms with Crippen LogP contribution in [-0.4, -0.2) is 31.4 Å². The highest BCUT2D eigenvalue weighted by atomic mass is 32.2. The van der Waals surface area contributed by atoms with Crippen LogP contribution >= 0.6 is 11.8 Å². The summed E-state index contributed by atoms with van der Waals surface area (Å²) in [5, 5.41) is 12.5. The topological polar surface area (TPSA) is 72.7 Å². The molecule has 4 rings (SSSR count). The van der Waals surface area contributed by atoms with Crippen molar-refractivity contribution in [2.45, 2.75) is 32.9 Å². The number of pyridine rings is 1. The molecule has 2 aromatic heterocycles. The van der Waals surface area contributed by atoms with Gasteiger partial charge in [-0.1, -0.05) is 41.6 Å². The summed E-state index contributed by atoms with van der Waals surface area (Å²) in [5.74, 6) is 0.869. The van der Waals surface area contributed by atoms with Crippen molar-refractivity contribution in [2.24, 2.45) is 0 Å². The summed E-state index contributed by atoms with van der Waals surface area (Å²) in [4.78, 5) is 16.9. The Bertz CT molecular complexity index is 1240. The predicted octanol–water partition coefficient (Wildman–Crippen LogP) is 5.29. The normalized spacial score (nSPS) is 10.9. The molecule has 162 valence electrons. The minimum atomic E-state index is -0.0747. The number of carbonyl (C=O) groups excluding carboxylic acids is 1. The number of aryl methyl sites for hydroxylation is 4. The van der Waals surface area contributed by atoms with Crippen LogP contribution in [0.4, 0.5) is 5.69 Å². The Hall–Kier alpha value is -3.45. The molecule has 1 amide bonds. The van der Waals surface area contributed by atoms with Gasteiger partial charge in [0.2, 0.25) is 5.91 Å². The molecule has 32 heavy (non-hydrogen) atoms. The molecule has 0 saturated heterocycles. The van der Waals surface area contributed by atoms with Crippen LogP contribution in [0.25, 0.3) is 17.1 Å². The molecule has 2 aromatic carbocycles. The maximum absolute atomic E-state index is 12.8. The molecule has 0 bridgehead atoms. The predicted molar refractivity (Wildman–Crippen MR) is 129 cm³/mol. The maximum Gasteiger partial charge on any atom is 0.234 e. The fourth-order valence-corrected chi connectivity index (χ4v) is 4.49. The molecule has 0 aliphatic heterocycles. The summed E-state index contributed by atoms with van der Waals surface area (Å²) in [7, 11) is 0. The highest BCUT2D eigenvalue weighted by Gasteiger charge is 2.18. The van der Waals surface area contributed by atoms with Gasteiger partial charge in [0.15, 0.2) is 11.0 Å². The summed E-state index contributed by atoms with van der Waals surface area (Å²) in [6, 6.07) is 16.1. The number of aromatic nitrogens is 4. The van der Waals surface area contributed by atoms with Crippen molar-refractivity contribution >= 4 is 23.4 Å². The van der Waals surface area contributed by atoms with Gasteiger partial charge in [0.25, 0.3) is 0 Å². The van der Waals surface area contributed by atoms with Crippen LogP contribution in [0.2, 0.25) is 0 Å². The second-order valence-corrected chi connectivity index (χ2v) is 8.77. The van der Waals surface area contributed by atoms with Gasteiger partial charge in [-0.2, -0.15) is 0 Å². The molecule has 0 spiro atoms. The number of amides is 1. The zero-order chi connectivity index (χ0) is 22.7. The number of anilines is 1. The molecule has 6 nitrogen and oxygen atoms in total. The van der Waals surface area contributed by atoms with E-state index in [-0.39, 0.29) is 11.7 Å². The summed E-state index contributed by atoms with van der Waals surface area (Å²) in [5.41, 5.74) is 7.18. The fourth-order valence-electron chi connectivity index (χ4n) is 3.73. The van der Waals surface area contributed by atoms with Crippen molar-refractivity contribution < 1.29 is 4.79 Å². The average molecular weight is 444 g/mol. The van der Waals surface area contributed by atoms with E-state index in [2.05, 4.69) is 45.6 Å². The van der Waals surface area contributed by atoms with Crippen LogP contribution in [-0.2, 0) is 4.79 Å². The van der Waals surface area contributed by atoms with E-state index < -0.39 is 0 Å². The molecule has 1 N–H and O–H groups in total. The third-order valence-electron chi connectivity index (χ3n) is 5.11. The number of thioether (sulfide) groups is 1. The van der Waals surface area contributed by atoms with Gasteiger partial charge in [0.1, 0.15) is 0 Å². The highest BCUT2D eigenvalue weighted by molar-refractivity contribution is 7.99. The second-order valence-electron chi connectivity index (χ2n) is 7.83. The van der Waals surface area contributed by atoms with E-state index >= 15 is 0 Å². The van der Waals surface area contributed by atoms with Gasteiger partial charge in [-0.05, 0) is 68.7 Å². The zero-order valence-electron chi connectivity index (χ0n) is 18.6. The van der Waals surface area contributed by atoms with Gasteiger partial charge in [-0.3, -0.25) is 14.3 Å². The van der Waals surface area contributed by atoms with Crippen LogP contribution in [0.1, 0.15) is 22.3 Å². The second kappa shape index (κ2) is 9.36. The zero-order valence-corrected chi connectivity index (χ0v) is 19.4. The minimum Gasteiger partial charge on any atom is -0.325 e. The van der Waals surface area contributed by atoms with Crippen molar-refractivity contribution in [3.05, 3.63) is 83.2 Å². The molecule has 0 aliphatic rings. The van der Waals surface area contributed by atoms with E-state index in [1.54, 1.807) is 12.4 Å². The van der Waals surface area contributed by atoms with Crippen molar-refractivity contribution in [2.75, 3.05) is 11.1 Å². The van der Waals surface area contributed by atoms with Crippen molar-refractivity contribution in [3.8, 4) is 17.1 Å². The van der Waals surface area contributed by atoms with Crippen LogP contribution in [0.15, 0.2) is 66.1 Å². The van der Waals surface area contributed by atoms with E-state index in [4.69, 9.17) is 0 Å². The first-order valence-electron chi connectivity index (χ1n) is 10.4. The Labute approximate surface area is 192 Å². The van der Waals surface area contributed by atoms with Gasteiger partial charge >= 0.3 is 0 Å². The Morgan fingerprint density at radius 3 is 2.34 bits per heavy atom. The average Bonchev–Trinajstić information content (AvgIpc) is 3.19. The Morgan fingerprint density at radius 1 is 0.938 bits per heavy atom.